The highest BCUT2D eigenvalue weighted by Gasteiger charge is 2.22. The van der Waals surface area contributed by atoms with Gasteiger partial charge in [-0.1, -0.05) is 60.7 Å². The number of benzene rings is 2. The van der Waals surface area contributed by atoms with Gasteiger partial charge in [0, 0.05) is 35.1 Å². The van der Waals surface area contributed by atoms with E-state index in [1.54, 1.807) is 11.3 Å². The third kappa shape index (κ3) is 4.63. The van der Waals surface area contributed by atoms with Gasteiger partial charge in [0.15, 0.2) is 0 Å². The maximum atomic E-state index is 13.0. The predicted molar refractivity (Wildman–Crippen MR) is 118 cm³/mol. The van der Waals surface area contributed by atoms with Crippen molar-refractivity contribution in [2.45, 2.75) is 12.3 Å². The van der Waals surface area contributed by atoms with Crippen molar-refractivity contribution in [1.29, 1.82) is 0 Å². The number of amides is 1. The number of thiophene rings is 1. The van der Waals surface area contributed by atoms with Crippen molar-refractivity contribution in [3.8, 4) is 10.4 Å². The molecule has 0 saturated heterocycles. The highest BCUT2D eigenvalue weighted by Crippen LogP contribution is 2.28. The molecule has 0 unspecified atom stereocenters. The maximum Gasteiger partial charge on any atom is 0.232 e. The Bertz CT molecular complexity index is 1030. The Morgan fingerprint density at radius 1 is 1.00 bits per heavy atom. The van der Waals surface area contributed by atoms with Gasteiger partial charge in [-0.25, -0.2) is 0 Å². The number of hydrogen-bond donors (Lipinski definition) is 1. The molecule has 0 saturated carbocycles. The molecule has 1 N–H and O–H groups in total. The molecule has 2 aromatic heterocycles. The fraction of sp³-hybridized carbons (Fsp3) is 0.167. The molecule has 4 aromatic rings. The maximum absolute atomic E-state index is 13.0. The highest BCUT2D eigenvalue weighted by molar-refractivity contribution is 7.15. The van der Waals surface area contributed by atoms with Gasteiger partial charge in [0.2, 0.25) is 5.91 Å². The summed E-state index contributed by atoms with van der Waals surface area (Å²) < 4.78 is 1.81. The van der Waals surface area contributed by atoms with Gasteiger partial charge in [-0.15, -0.1) is 11.3 Å². The van der Waals surface area contributed by atoms with E-state index in [2.05, 4.69) is 22.5 Å². The van der Waals surface area contributed by atoms with Crippen LogP contribution in [0.15, 0.2) is 85.2 Å². The molecule has 0 fully saturated rings. The molecule has 0 aliphatic rings. The lowest BCUT2D eigenvalue weighted by Crippen LogP contribution is -2.31. The van der Waals surface area contributed by atoms with Crippen molar-refractivity contribution >= 4 is 17.2 Å². The van der Waals surface area contributed by atoms with Crippen LogP contribution in [0.3, 0.4) is 0 Å². The Hall–Kier alpha value is -3.18. The number of aryl methyl sites for hydroxylation is 1. The van der Waals surface area contributed by atoms with Crippen LogP contribution in [0.4, 0.5) is 0 Å². The van der Waals surface area contributed by atoms with Crippen molar-refractivity contribution in [2.24, 2.45) is 7.05 Å². The first-order valence-corrected chi connectivity index (χ1v) is 10.5. The van der Waals surface area contributed by atoms with Gasteiger partial charge in [0.05, 0.1) is 12.1 Å². The minimum atomic E-state index is -0.299. The largest absolute Gasteiger partial charge is 0.355 e. The van der Waals surface area contributed by atoms with Gasteiger partial charge >= 0.3 is 0 Å². The number of nitrogens with zero attached hydrogens (tertiary/aromatic N) is 2. The molecule has 0 bridgehead atoms. The molecule has 0 spiro atoms. The van der Waals surface area contributed by atoms with Crippen LogP contribution in [0.2, 0.25) is 0 Å². The average Bonchev–Trinajstić information content (AvgIpc) is 3.39. The number of carbonyl (C=O) groups is 1. The summed E-state index contributed by atoms with van der Waals surface area (Å²) in [6.07, 6.45) is 4.70. The molecule has 29 heavy (non-hydrogen) atoms. The standard InChI is InChI=1S/C24H23N3OS/c1-27-17-20(16-26-27)22-13-12-21(29-22)14-15-25-24(28)23(18-8-4-2-5-9-18)19-10-6-3-7-11-19/h2-13,16-17,23H,14-15H2,1H3,(H,25,28). The average molecular weight is 402 g/mol. The Morgan fingerprint density at radius 3 is 2.24 bits per heavy atom. The van der Waals surface area contributed by atoms with Crippen molar-refractivity contribution in [3.63, 3.8) is 0 Å². The first-order valence-electron chi connectivity index (χ1n) is 9.66. The van der Waals surface area contributed by atoms with Crippen molar-refractivity contribution in [3.05, 3.63) is 101 Å². The lowest BCUT2D eigenvalue weighted by molar-refractivity contribution is -0.121. The number of nitrogens with one attached hydrogen (secondary N) is 1. The molecule has 0 radical (unpaired) electrons. The summed E-state index contributed by atoms with van der Waals surface area (Å²) in [5.74, 6) is -0.266. The first kappa shape index (κ1) is 19.2. The monoisotopic (exact) mass is 401 g/mol. The topological polar surface area (TPSA) is 46.9 Å². The van der Waals surface area contributed by atoms with Crippen LogP contribution < -0.4 is 5.32 Å². The third-order valence-corrected chi connectivity index (χ3v) is 6.04. The van der Waals surface area contributed by atoms with Crippen LogP contribution >= 0.6 is 11.3 Å². The van der Waals surface area contributed by atoms with E-state index in [0.717, 1.165) is 23.1 Å². The molecule has 0 atom stereocenters. The molecular formula is C24H23N3OS. The van der Waals surface area contributed by atoms with E-state index < -0.39 is 0 Å². The third-order valence-electron chi connectivity index (χ3n) is 4.85. The summed E-state index contributed by atoms with van der Waals surface area (Å²) in [5, 5.41) is 7.36. The number of hydrogen-bond acceptors (Lipinski definition) is 3. The summed E-state index contributed by atoms with van der Waals surface area (Å²) >= 11 is 1.75. The zero-order valence-electron chi connectivity index (χ0n) is 16.3. The molecule has 2 aromatic carbocycles. The molecule has 2 heterocycles. The first-order chi connectivity index (χ1) is 14.2. The Morgan fingerprint density at radius 2 is 1.66 bits per heavy atom. The zero-order valence-corrected chi connectivity index (χ0v) is 17.1. The number of carbonyl (C=O) groups excluding carboxylic acids is 1. The fourth-order valence-electron chi connectivity index (χ4n) is 3.41. The van der Waals surface area contributed by atoms with Gasteiger partial charge in [-0.05, 0) is 29.7 Å². The molecule has 4 rings (SSSR count). The summed E-state index contributed by atoms with van der Waals surface area (Å²) in [6.45, 7) is 0.613. The van der Waals surface area contributed by atoms with Crippen LogP contribution in [0, 0.1) is 0 Å². The second-order valence-electron chi connectivity index (χ2n) is 6.96. The predicted octanol–water partition coefficient (Wildman–Crippen LogP) is 4.64. The molecule has 4 nitrogen and oxygen atoms in total. The number of rotatable bonds is 7. The van der Waals surface area contributed by atoms with Crippen molar-refractivity contribution in [2.75, 3.05) is 6.54 Å². The van der Waals surface area contributed by atoms with Gasteiger partial charge < -0.3 is 5.32 Å². The van der Waals surface area contributed by atoms with E-state index >= 15 is 0 Å². The summed E-state index contributed by atoms with van der Waals surface area (Å²) in [6, 6.07) is 24.1. The van der Waals surface area contributed by atoms with E-state index in [-0.39, 0.29) is 11.8 Å². The van der Waals surface area contributed by atoms with E-state index in [0.29, 0.717) is 6.54 Å². The van der Waals surface area contributed by atoms with Crippen LogP contribution in [-0.2, 0) is 18.3 Å². The summed E-state index contributed by atoms with van der Waals surface area (Å²) in [7, 11) is 1.92. The summed E-state index contributed by atoms with van der Waals surface area (Å²) in [5.41, 5.74) is 3.14. The Kier molecular flexibility index (Phi) is 5.86. The van der Waals surface area contributed by atoms with Gasteiger partial charge in [0.1, 0.15) is 0 Å². The molecule has 1 amide bonds. The smallest absolute Gasteiger partial charge is 0.232 e. The van der Waals surface area contributed by atoms with E-state index in [1.165, 1.54) is 9.75 Å². The zero-order chi connectivity index (χ0) is 20.1. The second-order valence-corrected chi connectivity index (χ2v) is 8.13. The normalized spacial score (nSPS) is 11.0. The number of aromatic nitrogens is 2. The van der Waals surface area contributed by atoms with Gasteiger partial charge in [0.25, 0.3) is 0 Å². The SMILES string of the molecule is Cn1cc(-c2ccc(CCNC(=O)C(c3ccccc3)c3ccccc3)s2)cn1. The molecule has 146 valence electrons. The lowest BCUT2D eigenvalue weighted by Gasteiger charge is -2.17. The highest BCUT2D eigenvalue weighted by atomic mass is 32.1. The van der Waals surface area contributed by atoms with Crippen LogP contribution in [0.25, 0.3) is 10.4 Å². The Balaban J connectivity index is 1.42. The van der Waals surface area contributed by atoms with E-state index in [9.17, 15) is 4.79 Å². The molecule has 0 aliphatic carbocycles. The Labute approximate surface area is 174 Å². The van der Waals surface area contributed by atoms with Gasteiger partial charge in [-0.2, -0.15) is 5.10 Å². The minimum absolute atomic E-state index is 0.0337. The van der Waals surface area contributed by atoms with Crippen LogP contribution in [-0.4, -0.2) is 22.2 Å². The quantitative estimate of drug-likeness (QED) is 0.490. The van der Waals surface area contributed by atoms with Crippen LogP contribution in [0.5, 0.6) is 0 Å². The second kappa shape index (κ2) is 8.88. The van der Waals surface area contributed by atoms with E-state index in [4.69, 9.17) is 0 Å². The molecule has 0 aliphatic heterocycles. The van der Waals surface area contributed by atoms with Crippen molar-refractivity contribution < 1.29 is 4.79 Å². The molecular weight excluding hydrogens is 378 g/mol. The van der Waals surface area contributed by atoms with Crippen LogP contribution in [0.1, 0.15) is 21.9 Å². The van der Waals surface area contributed by atoms with Crippen molar-refractivity contribution in [1.82, 2.24) is 15.1 Å². The lowest BCUT2D eigenvalue weighted by atomic mass is 9.90. The van der Waals surface area contributed by atoms with E-state index in [1.807, 2.05) is 84.8 Å². The fourth-order valence-corrected chi connectivity index (χ4v) is 4.40. The van der Waals surface area contributed by atoms with Gasteiger partial charge in [-0.3, -0.25) is 9.48 Å². The summed E-state index contributed by atoms with van der Waals surface area (Å²) in [4.78, 5) is 15.5. The molecule has 5 heteroatoms. The minimum Gasteiger partial charge on any atom is -0.355 e.